The third kappa shape index (κ3) is 17.4. The Morgan fingerprint density at radius 3 is 0.646 bits per heavy atom. The normalized spacial score (nSPS) is 12.9. The van der Waals surface area contributed by atoms with Gasteiger partial charge in [-0.3, -0.25) is 0 Å². The van der Waals surface area contributed by atoms with E-state index < -0.39 is 0 Å². The summed E-state index contributed by atoms with van der Waals surface area (Å²) in [6.45, 7) is 64.1. The Morgan fingerprint density at radius 1 is 0.204 bits per heavy atom. The highest BCUT2D eigenvalue weighted by Gasteiger charge is 2.47. The van der Waals surface area contributed by atoms with Crippen LogP contribution in [0.1, 0.15) is 330 Å². The summed E-state index contributed by atoms with van der Waals surface area (Å²) in [6.07, 6.45) is 0. The van der Waals surface area contributed by atoms with E-state index in [4.69, 9.17) is 0 Å². The summed E-state index contributed by atoms with van der Waals surface area (Å²) >= 11 is 0. The molecule has 19 aromatic rings. The predicted molar refractivity (Wildman–Crippen MR) is 640 cm³/mol. The van der Waals surface area contributed by atoms with Crippen molar-refractivity contribution in [2.24, 2.45) is 0 Å². The molecule has 738 valence electrons. The molecule has 0 saturated carbocycles. The van der Waals surface area contributed by atoms with Crippen molar-refractivity contribution in [3.8, 4) is 100 Å². The molecule has 0 amide bonds. The molecule has 0 radical (unpaired) electrons. The van der Waals surface area contributed by atoms with E-state index in [-0.39, 0.29) is 12.1 Å². The van der Waals surface area contributed by atoms with E-state index in [0.29, 0.717) is 71.0 Å². The monoisotopic (exact) mass is 1920 g/mol. The lowest BCUT2D eigenvalue weighted by Crippen LogP contribution is -2.61. The summed E-state index contributed by atoms with van der Waals surface area (Å²) in [5.74, 6) is 3.86. The summed E-state index contributed by atoms with van der Waals surface area (Å²) in [7, 11) is 0. The van der Waals surface area contributed by atoms with E-state index in [0.717, 1.165) is 112 Å². The van der Waals surface area contributed by atoms with Gasteiger partial charge in [0, 0.05) is 77.9 Å². The minimum Gasteiger partial charge on any atom is -0.310 e. The van der Waals surface area contributed by atoms with E-state index in [1.165, 1.54) is 155 Å². The molecule has 0 N–H and O–H groups in total. The number of rotatable bonds is 24. The Hall–Kier alpha value is -14.0. The van der Waals surface area contributed by atoms with Gasteiger partial charge in [0.25, 0.3) is 6.71 Å². The summed E-state index contributed by atoms with van der Waals surface area (Å²) < 4.78 is 5.28. The fourth-order valence-corrected chi connectivity index (χ4v) is 24.5. The van der Waals surface area contributed by atoms with Crippen LogP contribution >= 0.6 is 0 Å². The van der Waals surface area contributed by atoms with E-state index in [1.807, 2.05) is 0 Å². The van der Waals surface area contributed by atoms with Crippen LogP contribution in [0.15, 0.2) is 328 Å². The number of para-hydroxylation sites is 2. The first-order valence-corrected chi connectivity index (χ1v) is 55.0. The molecule has 4 nitrogen and oxygen atoms in total. The molecule has 0 saturated heterocycles. The number of fused-ring (bicyclic) bond motifs is 10. The standard InChI is InChI=1S/C142H147BN4/c1-82(2)102-70-113(86(9)10)135(114(71-102)87(11)12)98-54-62-127-121(66-98)122-67-99(136-115(88(13)14)72-103(83(3)4)73-116(136)89(15)16)55-63-128(122)144(127)107-58-60-125-131(80-107)146(140-109(94-42-32-28-33-43-94)50-40-51-110(140)95-44-34-29-35-45-95)133-78-106(142(25,26)27)79-134-139(133)143(125)126-61-59-108(81-132(126)147(134)141-111(96-46-36-30-37-47-96)52-41-53-112(141)97-48-38-31-39-49-97)145-129-64-56-100(137-117(90(17)18)74-104(84(5)6)75-118(137)91(19)20)68-123(129)124-69-101(57-65-130(124)145)138-119(92(21)22)76-105(85(7)8)77-120(138)93(23)24/h28-93H,1-27H3. The van der Waals surface area contributed by atoms with E-state index in [1.54, 1.807) is 0 Å². The summed E-state index contributed by atoms with van der Waals surface area (Å²) in [6, 6.07) is 130. The summed E-state index contributed by atoms with van der Waals surface area (Å²) in [5, 5.41) is 4.94. The van der Waals surface area contributed by atoms with Crippen LogP contribution in [-0.4, -0.2) is 15.8 Å². The number of anilines is 6. The molecule has 0 spiro atoms. The average Bonchev–Trinajstić information content (AvgIpc) is 1.21. The van der Waals surface area contributed by atoms with Crippen LogP contribution in [0, 0.1) is 0 Å². The van der Waals surface area contributed by atoms with Gasteiger partial charge in [0.05, 0.1) is 33.4 Å². The van der Waals surface area contributed by atoms with Crippen LogP contribution in [0.2, 0.25) is 0 Å². The van der Waals surface area contributed by atoms with E-state index >= 15 is 0 Å². The predicted octanol–water partition coefficient (Wildman–Crippen LogP) is 40.1. The lowest BCUT2D eigenvalue weighted by molar-refractivity contribution is 0.590. The highest BCUT2D eigenvalue weighted by Crippen LogP contribution is 2.57. The second-order valence-electron chi connectivity index (χ2n) is 47.4. The zero-order valence-electron chi connectivity index (χ0n) is 92.0. The summed E-state index contributed by atoms with van der Waals surface area (Å²) in [5.41, 5.74) is 54.6. The van der Waals surface area contributed by atoms with Crippen LogP contribution in [0.5, 0.6) is 0 Å². The minimum atomic E-state index is -0.387. The van der Waals surface area contributed by atoms with Crippen LogP contribution in [-0.2, 0) is 5.41 Å². The number of benzene rings is 17. The van der Waals surface area contributed by atoms with Crippen molar-refractivity contribution >= 4 is 101 Å². The lowest BCUT2D eigenvalue weighted by Gasteiger charge is -2.46. The number of aromatic nitrogens is 2. The van der Waals surface area contributed by atoms with Crippen molar-refractivity contribution in [3.63, 3.8) is 0 Å². The van der Waals surface area contributed by atoms with Gasteiger partial charge >= 0.3 is 0 Å². The van der Waals surface area contributed by atoms with Gasteiger partial charge in [-0.2, -0.15) is 0 Å². The second kappa shape index (κ2) is 39.0. The third-order valence-electron chi connectivity index (χ3n) is 32.5. The van der Waals surface area contributed by atoms with Crippen LogP contribution in [0.4, 0.5) is 34.1 Å². The number of hydrogen-bond acceptors (Lipinski definition) is 2. The van der Waals surface area contributed by atoms with Gasteiger partial charge in [0.1, 0.15) is 0 Å². The first-order chi connectivity index (χ1) is 70.5. The third-order valence-corrected chi connectivity index (χ3v) is 32.5. The Bertz CT molecular complexity index is 7340. The van der Waals surface area contributed by atoms with E-state index in [9.17, 15) is 0 Å². The Balaban J connectivity index is 0.904. The van der Waals surface area contributed by atoms with Gasteiger partial charge in [-0.25, -0.2) is 0 Å². The zero-order valence-corrected chi connectivity index (χ0v) is 92.0. The largest absolute Gasteiger partial charge is 0.310 e. The maximum absolute atomic E-state index is 2.76. The molecule has 5 heteroatoms. The topological polar surface area (TPSA) is 16.3 Å². The first-order valence-electron chi connectivity index (χ1n) is 55.0. The van der Waals surface area contributed by atoms with Crippen molar-refractivity contribution in [2.45, 2.75) is 263 Å². The molecule has 17 aromatic carbocycles. The van der Waals surface area contributed by atoms with Gasteiger partial charge in [0.2, 0.25) is 0 Å². The molecule has 0 unspecified atom stereocenters. The molecule has 0 fully saturated rings. The van der Waals surface area contributed by atoms with Crippen molar-refractivity contribution in [1.82, 2.24) is 9.13 Å². The average molecular weight is 1920 g/mol. The maximum Gasteiger partial charge on any atom is 0.252 e. The van der Waals surface area contributed by atoms with Crippen molar-refractivity contribution in [2.75, 3.05) is 9.80 Å². The minimum absolute atomic E-state index is 0.291. The molecular formula is C142H147BN4. The highest BCUT2D eigenvalue weighted by atomic mass is 15.2. The van der Waals surface area contributed by atoms with Crippen LogP contribution < -0.4 is 26.2 Å². The molecule has 21 rings (SSSR count). The first kappa shape index (κ1) is 99.0. The molecule has 4 heterocycles. The van der Waals surface area contributed by atoms with Crippen LogP contribution in [0.25, 0.3) is 144 Å². The maximum atomic E-state index is 2.76. The van der Waals surface area contributed by atoms with Crippen molar-refractivity contribution < 1.29 is 0 Å². The quantitative estimate of drug-likeness (QED) is 0.0561. The van der Waals surface area contributed by atoms with E-state index in [2.05, 4.69) is 533 Å². The molecule has 147 heavy (non-hydrogen) atoms. The zero-order chi connectivity index (χ0) is 103. The van der Waals surface area contributed by atoms with Gasteiger partial charge in [-0.15, -0.1) is 0 Å². The number of hydrogen-bond donors (Lipinski definition) is 0. The second-order valence-corrected chi connectivity index (χ2v) is 47.4. The van der Waals surface area contributed by atoms with Gasteiger partial charge < -0.3 is 18.9 Å². The molecule has 0 aliphatic carbocycles. The Labute approximate surface area is 877 Å². The van der Waals surface area contributed by atoms with Gasteiger partial charge in [-0.05, 0) is 317 Å². The molecule has 2 aliphatic heterocycles. The smallest absolute Gasteiger partial charge is 0.252 e. The van der Waals surface area contributed by atoms with Crippen LogP contribution in [0.3, 0.4) is 0 Å². The molecule has 0 bridgehead atoms. The molecular weight excluding hydrogens is 1770 g/mol. The lowest BCUT2D eigenvalue weighted by atomic mass is 9.33. The summed E-state index contributed by atoms with van der Waals surface area (Å²) in [4.78, 5) is 5.53. The molecule has 0 atom stereocenters. The Morgan fingerprint density at radius 2 is 0.435 bits per heavy atom. The highest BCUT2D eigenvalue weighted by molar-refractivity contribution is 7.00. The number of nitrogens with zero attached hydrogens (tertiary/aromatic N) is 4. The van der Waals surface area contributed by atoms with Gasteiger partial charge in [0.15, 0.2) is 0 Å². The molecule has 2 aromatic heterocycles. The fraction of sp³-hybridized carbons (Fsp3) is 0.282. The fourth-order valence-electron chi connectivity index (χ4n) is 24.5. The molecule has 2 aliphatic rings. The Kier molecular flexibility index (Phi) is 26.3. The van der Waals surface area contributed by atoms with Gasteiger partial charge in [-0.1, -0.05) is 430 Å². The van der Waals surface area contributed by atoms with Crippen molar-refractivity contribution in [3.05, 3.63) is 400 Å². The SMILES string of the molecule is CC(C)c1cc(C(C)C)c(-c2ccc3c(c2)c2cc(-c4c(C(C)C)cc(C(C)C)cc4C(C)C)ccc2n3-c2ccc3c(c2)N(c2c(-c4ccccc4)cccc2-c2ccccc2)c2cc(C(C)(C)C)cc4c2B3c2ccc(-n3c5ccc(-c6c(C(C)C)cc(C(C)C)cc6C(C)C)cc5c5cc(-c6c(C(C)C)cc(C(C)C)cc6C(C)C)ccc53)cc2N4c2c(-c3ccccc3)cccc2-c2ccccc2)c(C(C)C)c1. The van der Waals surface area contributed by atoms with Crippen molar-refractivity contribution in [1.29, 1.82) is 0 Å².